The van der Waals surface area contributed by atoms with Gasteiger partial charge in [0.25, 0.3) is 0 Å². The number of ether oxygens (including phenoxy) is 7. The van der Waals surface area contributed by atoms with E-state index in [4.69, 9.17) is 33.2 Å². The van der Waals surface area contributed by atoms with Crippen molar-refractivity contribution >= 4 is 5.97 Å². The number of hydrogen-bond acceptors (Lipinski definition) is 14. The SMILES string of the molecule is COc1cc(CCC(=O)O[C@@H]2Cc3c(OC4OCC(O)(CO)[C@@H]4O)cc(O)cc3O[C@@H]2c2ccc(O)c(O)c2)cc(OC)c1OC. The molecule has 5 rings (SSSR count). The molecule has 2 unspecified atom stereocenters. The van der Waals surface area contributed by atoms with Crippen LogP contribution in [0.2, 0.25) is 0 Å². The number of aliphatic hydroxyl groups is 3. The summed E-state index contributed by atoms with van der Waals surface area (Å²) in [5, 5.41) is 60.9. The van der Waals surface area contributed by atoms with Gasteiger partial charge in [0, 0.05) is 36.1 Å². The zero-order valence-electron chi connectivity index (χ0n) is 25.3. The standard InChI is InChI=1S/C32H36O14/c1-40-24-8-16(9-25(41-2)29(24)42-3)4-7-27(37)44-26-13-19-22(45-28(26)17-5-6-20(35)21(36)10-17)11-18(34)12-23(19)46-31-30(38)32(39,14-33)15-43-31/h5-6,8-12,26,28,30-31,33-36,38-39H,4,7,13-15H2,1-3H3/t26-,28-,30-,31?,32?/m1/s1. The highest BCUT2D eigenvalue weighted by Gasteiger charge is 2.49. The number of hydrogen-bond donors (Lipinski definition) is 6. The minimum atomic E-state index is -1.94. The quantitative estimate of drug-likeness (QED) is 0.130. The molecular formula is C32H36O14. The topological polar surface area (TPSA) is 203 Å². The number of phenolic OH excluding ortho intramolecular Hbond substituents is 3. The summed E-state index contributed by atoms with van der Waals surface area (Å²) in [7, 11) is 4.46. The van der Waals surface area contributed by atoms with E-state index in [-0.39, 0.29) is 42.3 Å². The lowest BCUT2D eigenvalue weighted by Crippen LogP contribution is -2.48. The van der Waals surface area contributed by atoms with Crippen molar-refractivity contribution in [3.8, 4) is 46.0 Å². The van der Waals surface area contributed by atoms with E-state index in [1.807, 2.05) is 0 Å². The molecule has 3 aromatic carbocycles. The predicted octanol–water partition coefficient (Wildman–Crippen LogP) is 1.87. The van der Waals surface area contributed by atoms with Crippen molar-refractivity contribution in [2.24, 2.45) is 0 Å². The van der Waals surface area contributed by atoms with Gasteiger partial charge in [0.1, 0.15) is 35.1 Å². The van der Waals surface area contributed by atoms with E-state index in [9.17, 15) is 35.4 Å². The van der Waals surface area contributed by atoms with Gasteiger partial charge in [-0.1, -0.05) is 6.07 Å². The molecule has 3 aromatic rings. The van der Waals surface area contributed by atoms with E-state index in [2.05, 4.69) is 0 Å². The number of carbonyl (C=O) groups is 1. The Kier molecular flexibility index (Phi) is 9.53. The van der Waals surface area contributed by atoms with Crippen LogP contribution in [0, 0.1) is 0 Å². The molecule has 0 saturated carbocycles. The summed E-state index contributed by atoms with van der Waals surface area (Å²) in [6.45, 7) is -1.17. The fourth-order valence-corrected chi connectivity index (χ4v) is 5.41. The maximum Gasteiger partial charge on any atom is 0.306 e. The van der Waals surface area contributed by atoms with Crippen LogP contribution >= 0.6 is 0 Å². The van der Waals surface area contributed by atoms with Crippen molar-refractivity contribution < 1.29 is 68.6 Å². The van der Waals surface area contributed by atoms with Crippen LogP contribution in [0.4, 0.5) is 0 Å². The van der Waals surface area contributed by atoms with Crippen molar-refractivity contribution in [1.29, 1.82) is 0 Å². The molecule has 2 aliphatic rings. The molecule has 6 N–H and O–H groups in total. The maximum absolute atomic E-state index is 13.3. The molecule has 46 heavy (non-hydrogen) atoms. The third-order valence-corrected chi connectivity index (χ3v) is 7.93. The van der Waals surface area contributed by atoms with Crippen LogP contribution in [0.1, 0.15) is 29.2 Å². The zero-order valence-corrected chi connectivity index (χ0v) is 25.3. The molecule has 1 saturated heterocycles. The number of carbonyl (C=O) groups excluding carboxylic acids is 1. The number of methoxy groups -OCH3 is 3. The average molecular weight is 645 g/mol. The van der Waals surface area contributed by atoms with Gasteiger partial charge in [-0.3, -0.25) is 4.79 Å². The average Bonchev–Trinajstić information content (AvgIpc) is 3.33. The Bertz CT molecular complexity index is 1550. The van der Waals surface area contributed by atoms with Crippen LogP contribution in [0.25, 0.3) is 0 Å². The third-order valence-electron chi connectivity index (χ3n) is 7.93. The summed E-state index contributed by atoms with van der Waals surface area (Å²) >= 11 is 0. The smallest absolute Gasteiger partial charge is 0.306 e. The number of aryl methyl sites for hydroxylation is 1. The molecule has 248 valence electrons. The van der Waals surface area contributed by atoms with E-state index in [1.54, 1.807) is 12.1 Å². The van der Waals surface area contributed by atoms with Gasteiger partial charge in [0.2, 0.25) is 12.0 Å². The number of aliphatic hydroxyl groups excluding tert-OH is 2. The lowest BCUT2D eigenvalue weighted by Gasteiger charge is -2.35. The molecule has 0 radical (unpaired) electrons. The number of esters is 1. The molecule has 0 aromatic heterocycles. The summed E-state index contributed by atoms with van der Waals surface area (Å²) in [4.78, 5) is 13.3. The molecule has 2 heterocycles. The van der Waals surface area contributed by atoms with Crippen LogP contribution in [-0.2, 0) is 27.1 Å². The van der Waals surface area contributed by atoms with Gasteiger partial charge >= 0.3 is 5.97 Å². The van der Waals surface area contributed by atoms with Gasteiger partial charge in [-0.15, -0.1) is 0 Å². The molecule has 14 heteroatoms. The van der Waals surface area contributed by atoms with Gasteiger partial charge in [-0.2, -0.15) is 0 Å². The van der Waals surface area contributed by atoms with E-state index in [0.29, 0.717) is 28.4 Å². The van der Waals surface area contributed by atoms with Gasteiger partial charge in [-0.25, -0.2) is 0 Å². The lowest BCUT2D eigenvalue weighted by atomic mass is 9.93. The highest BCUT2D eigenvalue weighted by atomic mass is 16.7. The number of fused-ring (bicyclic) bond motifs is 1. The number of benzene rings is 3. The number of rotatable bonds is 11. The second kappa shape index (κ2) is 13.4. The summed E-state index contributed by atoms with van der Waals surface area (Å²) in [6, 6.07) is 10.1. The predicted molar refractivity (Wildman–Crippen MR) is 158 cm³/mol. The van der Waals surface area contributed by atoms with Crippen LogP contribution < -0.4 is 23.7 Å². The van der Waals surface area contributed by atoms with Gasteiger partial charge < -0.3 is 63.8 Å². The van der Waals surface area contributed by atoms with Crippen LogP contribution in [0.5, 0.6) is 46.0 Å². The summed E-state index contributed by atoms with van der Waals surface area (Å²) < 4.78 is 39.5. The fraction of sp³-hybridized carbons (Fsp3) is 0.406. The monoisotopic (exact) mass is 644 g/mol. The Morgan fingerprint density at radius 1 is 0.957 bits per heavy atom. The molecule has 0 aliphatic carbocycles. The molecule has 5 atom stereocenters. The molecule has 2 aliphatic heterocycles. The van der Waals surface area contributed by atoms with Crippen LogP contribution in [-0.4, -0.2) is 95.3 Å². The number of aromatic hydroxyl groups is 3. The largest absolute Gasteiger partial charge is 0.508 e. The Morgan fingerprint density at radius 3 is 2.28 bits per heavy atom. The highest BCUT2D eigenvalue weighted by Crippen LogP contribution is 2.45. The summed E-state index contributed by atoms with van der Waals surface area (Å²) in [6.07, 6.45) is -4.76. The molecule has 0 bridgehead atoms. The second-order valence-electron chi connectivity index (χ2n) is 11.0. The van der Waals surface area contributed by atoms with Gasteiger partial charge in [0.05, 0.1) is 34.5 Å². The van der Waals surface area contributed by atoms with Crippen molar-refractivity contribution in [3.63, 3.8) is 0 Å². The van der Waals surface area contributed by atoms with Crippen LogP contribution in [0.15, 0.2) is 42.5 Å². The van der Waals surface area contributed by atoms with Crippen molar-refractivity contribution in [1.82, 2.24) is 0 Å². The molecule has 14 nitrogen and oxygen atoms in total. The van der Waals surface area contributed by atoms with E-state index in [0.717, 1.165) is 5.56 Å². The third kappa shape index (κ3) is 6.51. The van der Waals surface area contributed by atoms with Crippen molar-refractivity contribution in [2.75, 3.05) is 34.5 Å². The Morgan fingerprint density at radius 2 is 1.67 bits per heavy atom. The first-order valence-corrected chi connectivity index (χ1v) is 14.3. The first kappa shape index (κ1) is 32.8. The zero-order chi connectivity index (χ0) is 33.2. The van der Waals surface area contributed by atoms with Crippen molar-refractivity contribution in [3.05, 3.63) is 59.2 Å². The van der Waals surface area contributed by atoms with E-state index in [1.165, 1.54) is 51.7 Å². The van der Waals surface area contributed by atoms with Crippen LogP contribution in [0.3, 0.4) is 0 Å². The molecule has 0 spiro atoms. The Hall–Kier alpha value is -4.63. The number of phenols is 3. The van der Waals surface area contributed by atoms with E-state index < -0.39 is 55.1 Å². The molecule has 1 fully saturated rings. The highest BCUT2D eigenvalue weighted by molar-refractivity contribution is 5.70. The fourth-order valence-electron chi connectivity index (χ4n) is 5.41. The normalized spacial score (nSPS) is 23.6. The van der Waals surface area contributed by atoms with Gasteiger partial charge in [0.15, 0.2) is 29.1 Å². The van der Waals surface area contributed by atoms with Crippen molar-refractivity contribution in [2.45, 2.75) is 49.5 Å². The minimum absolute atomic E-state index is 0.000254. The van der Waals surface area contributed by atoms with E-state index >= 15 is 0 Å². The molecule has 0 amide bonds. The molecular weight excluding hydrogens is 608 g/mol. The Balaban J connectivity index is 1.41. The first-order valence-electron chi connectivity index (χ1n) is 14.3. The van der Waals surface area contributed by atoms with Gasteiger partial charge in [-0.05, 0) is 36.2 Å². The second-order valence-corrected chi connectivity index (χ2v) is 11.0. The summed E-state index contributed by atoms with van der Waals surface area (Å²) in [5.74, 6) is -0.162. The first-order chi connectivity index (χ1) is 22.0. The maximum atomic E-state index is 13.3. The Labute approximate surface area is 263 Å². The summed E-state index contributed by atoms with van der Waals surface area (Å²) in [5.41, 5.74) is -0.493. The lowest BCUT2D eigenvalue weighted by molar-refractivity contribution is -0.155. The minimum Gasteiger partial charge on any atom is -0.508 e.